The normalized spacial score (nSPS) is 14.7. The highest BCUT2D eigenvalue weighted by molar-refractivity contribution is 6.31. The second-order valence-electron chi connectivity index (χ2n) is 8.73. The second kappa shape index (κ2) is 9.59. The molecule has 0 saturated heterocycles. The molecule has 1 amide bonds. The Morgan fingerprint density at radius 2 is 1.81 bits per heavy atom. The summed E-state index contributed by atoms with van der Waals surface area (Å²) in [5.41, 5.74) is 4.88. The Bertz CT molecular complexity index is 1430. The van der Waals surface area contributed by atoms with Crippen molar-refractivity contribution in [3.05, 3.63) is 93.6 Å². The van der Waals surface area contributed by atoms with Gasteiger partial charge in [-0.3, -0.25) is 9.89 Å². The molecule has 5 rings (SSSR count). The van der Waals surface area contributed by atoms with Gasteiger partial charge in [0, 0.05) is 22.7 Å². The Morgan fingerprint density at radius 3 is 2.53 bits per heavy atom. The summed E-state index contributed by atoms with van der Waals surface area (Å²) < 4.78 is 10.8. The Balaban J connectivity index is 1.55. The number of ether oxygens (including phenoxy) is 2. The van der Waals surface area contributed by atoms with E-state index in [9.17, 15) is 9.90 Å². The number of aromatic nitrogens is 2. The van der Waals surface area contributed by atoms with E-state index in [0.29, 0.717) is 46.4 Å². The van der Waals surface area contributed by atoms with Gasteiger partial charge in [-0.2, -0.15) is 5.10 Å². The first-order chi connectivity index (χ1) is 17.4. The summed E-state index contributed by atoms with van der Waals surface area (Å²) in [6.45, 7) is 2.30. The molecule has 0 spiro atoms. The molecule has 1 aromatic heterocycles. The Labute approximate surface area is 214 Å². The summed E-state index contributed by atoms with van der Waals surface area (Å²) in [6, 6.07) is 18.5. The van der Waals surface area contributed by atoms with Crippen LogP contribution in [0.3, 0.4) is 0 Å². The number of carbonyl (C=O) groups is 1. The predicted octanol–water partition coefficient (Wildman–Crippen LogP) is 5.55. The molecule has 0 bridgehead atoms. The molecule has 1 atom stereocenters. The van der Waals surface area contributed by atoms with Gasteiger partial charge in [-0.15, -0.1) is 0 Å². The van der Waals surface area contributed by atoms with Crippen molar-refractivity contribution in [2.24, 2.45) is 0 Å². The maximum absolute atomic E-state index is 13.6. The van der Waals surface area contributed by atoms with Crippen LogP contribution in [0.5, 0.6) is 17.2 Å². The van der Waals surface area contributed by atoms with Gasteiger partial charge in [0.15, 0.2) is 11.5 Å². The lowest BCUT2D eigenvalue weighted by Gasteiger charge is -2.26. The van der Waals surface area contributed by atoms with Crippen LogP contribution in [-0.2, 0) is 6.42 Å². The summed E-state index contributed by atoms with van der Waals surface area (Å²) >= 11 is 6.38. The molecule has 7 nitrogen and oxygen atoms in total. The van der Waals surface area contributed by atoms with Crippen LogP contribution in [0.1, 0.15) is 38.8 Å². The number of hydrogen-bond donors (Lipinski definition) is 2. The molecule has 0 radical (unpaired) electrons. The highest BCUT2D eigenvalue weighted by Gasteiger charge is 2.42. The van der Waals surface area contributed by atoms with Crippen molar-refractivity contribution in [3.8, 4) is 28.5 Å². The van der Waals surface area contributed by atoms with Crippen molar-refractivity contribution in [2.75, 3.05) is 20.8 Å². The van der Waals surface area contributed by atoms with Crippen molar-refractivity contribution in [1.29, 1.82) is 0 Å². The lowest BCUT2D eigenvalue weighted by atomic mass is 9.95. The molecule has 184 valence electrons. The fraction of sp³-hybridized carbons (Fsp3) is 0.214. The van der Waals surface area contributed by atoms with E-state index in [1.165, 1.54) is 0 Å². The van der Waals surface area contributed by atoms with E-state index < -0.39 is 0 Å². The topological polar surface area (TPSA) is 87.7 Å². The van der Waals surface area contributed by atoms with Crippen molar-refractivity contribution in [2.45, 2.75) is 19.4 Å². The maximum atomic E-state index is 13.6. The molecular formula is C28H26ClN3O4. The van der Waals surface area contributed by atoms with Crippen LogP contribution < -0.4 is 9.47 Å². The number of benzene rings is 3. The lowest BCUT2D eigenvalue weighted by Crippen LogP contribution is -2.31. The molecule has 0 fully saturated rings. The molecule has 3 aromatic carbocycles. The molecule has 4 aromatic rings. The van der Waals surface area contributed by atoms with E-state index in [-0.39, 0.29) is 17.7 Å². The van der Waals surface area contributed by atoms with E-state index in [1.54, 1.807) is 26.4 Å². The van der Waals surface area contributed by atoms with Gasteiger partial charge >= 0.3 is 0 Å². The van der Waals surface area contributed by atoms with Crippen LogP contribution in [0.15, 0.2) is 60.7 Å². The summed E-state index contributed by atoms with van der Waals surface area (Å²) in [6.07, 6.45) is 0.615. The summed E-state index contributed by atoms with van der Waals surface area (Å²) in [5.74, 6) is 1.22. The average molecular weight is 504 g/mol. The SMILES string of the molecule is COc1ccc(CCN2C(=O)c3[nH]nc(-c4cc(Cl)c(C)cc4O)c3[C@H]2c2ccccc2)cc1OC. The number of halogens is 1. The molecule has 0 aliphatic carbocycles. The summed E-state index contributed by atoms with van der Waals surface area (Å²) in [7, 11) is 3.20. The van der Waals surface area contributed by atoms with Crippen LogP contribution >= 0.6 is 11.6 Å². The number of rotatable bonds is 7. The van der Waals surface area contributed by atoms with E-state index in [4.69, 9.17) is 21.1 Å². The maximum Gasteiger partial charge on any atom is 0.273 e. The minimum atomic E-state index is -0.373. The van der Waals surface area contributed by atoms with Crippen LogP contribution in [0.4, 0.5) is 0 Å². The van der Waals surface area contributed by atoms with Crippen LogP contribution in [0, 0.1) is 6.92 Å². The number of carbonyl (C=O) groups excluding carboxylic acids is 1. The highest BCUT2D eigenvalue weighted by atomic mass is 35.5. The molecule has 1 aliphatic rings. The quantitative estimate of drug-likeness (QED) is 0.345. The number of methoxy groups -OCH3 is 2. The van der Waals surface area contributed by atoms with Gasteiger partial charge in [0.05, 0.1) is 20.3 Å². The van der Waals surface area contributed by atoms with Crippen molar-refractivity contribution in [3.63, 3.8) is 0 Å². The zero-order valence-corrected chi connectivity index (χ0v) is 21.0. The molecule has 2 heterocycles. The van der Waals surface area contributed by atoms with Crippen molar-refractivity contribution < 1.29 is 19.4 Å². The number of phenolic OH excluding ortho intramolecular Hbond substituents is 1. The predicted molar refractivity (Wildman–Crippen MR) is 138 cm³/mol. The third-order valence-electron chi connectivity index (χ3n) is 6.60. The van der Waals surface area contributed by atoms with Gasteiger partial charge in [-0.1, -0.05) is 48.0 Å². The van der Waals surface area contributed by atoms with Gasteiger partial charge in [0.2, 0.25) is 0 Å². The third kappa shape index (κ3) is 4.05. The third-order valence-corrected chi connectivity index (χ3v) is 7.01. The van der Waals surface area contributed by atoms with Gasteiger partial charge in [-0.05, 0) is 54.3 Å². The first-order valence-electron chi connectivity index (χ1n) is 11.6. The standard InChI is InChI=1S/C28H26ClN3O4/c1-16-13-21(33)19(15-20(16)29)25-24-26(31-30-25)28(34)32(27(24)18-7-5-4-6-8-18)12-11-17-9-10-22(35-2)23(14-17)36-3/h4-10,13-15,27,33H,11-12H2,1-3H3,(H,30,31)/t27-/m1/s1. The number of H-pyrrole nitrogens is 1. The first-order valence-corrected chi connectivity index (χ1v) is 11.9. The number of fused-ring (bicyclic) bond motifs is 1. The smallest absolute Gasteiger partial charge is 0.273 e. The largest absolute Gasteiger partial charge is 0.507 e. The number of aromatic amines is 1. The van der Waals surface area contributed by atoms with E-state index in [2.05, 4.69) is 10.2 Å². The monoisotopic (exact) mass is 503 g/mol. The molecule has 36 heavy (non-hydrogen) atoms. The average Bonchev–Trinajstić information content (AvgIpc) is 3.43. The van der Waals surface area contributed by atoms with E-state index in [0.717, 1.165) is 22.3 Å². The second-order valence-corrected chi connectivity index (χ2v) is 9.14. The minimum Gasteiger partial charge on any atom is -0.507 e. The van der Waals surface area contributed by atoms with Gasteiger partial charge in [0.1, 0.15) is 17.1 Å². The number of amides is 1. The molecule has 2 N–H and O–H groups in total. The molecule has 1 aliphatic heterocycles. The first kappa shape index (κ1) is 23.8. The Morgan fingerprint density at radius 1 is 1.06 bits per heavy atom. The van der Waals surface area contributed by atoms with E-state index in [1.807, 2.05) is 60.4 Å². The molecule has 0 saturated carbocycles. The number of nitrogens with one attached hydrogen (secondary N) is 1. The molecule has 8 heteroatoms. The fourth-order valence-electron chi connectivity index (χ4n) is 4.76. The van der Waals surface area contributed by atoms with Gasteiger partial charge in [-0.25, -0.2) is 0 Å². The Kier molecular flexibility index (Phi) is 6.33. The van der Waals surface area contributed by atoms with Crippen LogP contribution in [0.2, 0.25) is 5.02 Å². The van der Waals surface area contributed by atoms with Crippen molar-refractivity contribution >= 4 is 17.5 Å². The molecule has 0 unspecified atom stereocenters. The van der Waals surface area contributed by atoms with Gasteiger partial charge < -0.3 is 19.5 Å². The van der Waals surface area contributed by atoms with Crippen molar-refractivity contribution in [1.82, 2.24) is 15.1 Å². The lowest BCUT2D eigenvalue weighted by molar-refractivity contribution is 0.0746. The summed E-state index contributed by atoms with van der Waals surface area (Å²) in [4.78, 5) is 15.4. The number of aromatic hydroxyl groups is 1. The molecular weight excluding hydrogens is 478 g/mol. The minimum absolute atomic E-state index is 0.0641. The zero-order chi connectivity index (χ0) is 25.4. The van der Waals surface area contributed by atoms with Crippen LogP contribution in [-0.4, -0.2) is 46.9 Å². The number of hydrogen-bond acceptors (Lipinski definition) is 5. The fourth-order valence-corrected chi connectivity index (χ4v) is 4.92. The number of phenols is 1. The Hall–Kier alpha value is -3.97. The number of aryl methyl sites for hydroxylation is 1. The zero-order valence-electron chi connectivity index (χ0n) is 20.2. The van der Waals surface area contributed by atoms with Gasteiger partial charge in [0.25, 0.3) is 5.91 Å². The summed E-state index contributed by atoms with van der Waals surface area (Å²) in [5, 5.41) is 18.6. The van der Waals surface area contributed by atoms with Crippen LogP contribution in [0.25, 0.3) is 11.3 Å². The highest BCUT2D eigenvalue weighted by Crippen LogP contribution is 2.45. The van der Waals surface area contributed by atoms with E-state index >= 15 is 0 Å². The number of nitrogens with zero attached hydrogens (tertiary/aromatic N) is 2.